The van der Waals surface area contributed by atoms with Crippen LogP contribution in [-0.2, 0) is 6.54 Å². The molecule has 0 atom stereocenters. The van der Waals surface area contributed by atoms with E-state index in [0.717, 1.165) is 4.68 Å². The molecule has 0 unspecified atom stereocenters. The second-order valence-electron chi connectivity index (χ2n) is 5.43. The Bertz CT molecular complexity index is 1100. The minimum absolute atomic E-state index is 0.0345. The third-order valence-corrected chi connectivity index (χ3v) is 3.57. The van der Waals surface area contributed by atoms with Crippen LogP contribution in [0.5, 0.6) is 5.75 Å². The fraction of sp³-hybridized carbons (Fsp3) is 0.111. The lowest BCUT2D eigenvalue weighted by molar-refractivity contribution is 0.101. The van der Waals surface area contributed by atoms with Crippen molar-refractivity contribution in [3.8, 4) is 17.9 Å². The molecule has 2 aromatic heterocycles. The number of aromatic nitrogens is 4. The van der Waals surface area contributed by atoms with Gasteiger partial charge < -0.3 is 9.72 Å². The molecule has 2 heterocycles. The van der Waals surface area contributed by atoms with Crippen molar-refractivity contribution in [1.29, 1.82) is 10.5 Å². The third-order valence-electron chi connectivity index (χ3n) is 3.57. The van der Waals surface area contributed by atoms with Crippen LogP contribution in [0.25, 0.3) is 0 Å². The van der Waals surface area contributed by atoms with Gasteiger partial charge in [0, 0.05) is 6.07 Å². The first-order chi connectivity index (χ1) is 13.6. The van der Waals surface area contributed by atoms with Crippen molar-refractivity contribution in [1.82, 2.24) is 19.7 Å². The summed E-state index contributed by atoms with van der Waals surface area (Å²) in [6, 6.07) is 15.1. The number of hydrogen-bond donors (Lipinski definition) is 2. The number of aromatic amines is 1. The predicted molar refractivity (Wildman–Crippen MR) is 96.4 cm³/mol. The summed E-state index contributed by atoms with van der Waals surface area (Å²) in [5, 5.41) is 24.2. The first kappa shape index (κ1) is 18.4. The average Bonchev–Trinajstić information content (AvgIpc) is 3.12. The zero-order valence-electron chi connectivity index (χ0n) is 14.4. The zero-order valence-corrected chi connectivity index (χ0v) is 14.4. The maximum atomic E-state index is 12.3. The molecular weight excluding hydrogens is 362 g/mol. The number of nitrogens with one attached hydrogen (secondary N) is 2. The summed E-state index contributed by atoms with van der Waals surface area (Å²) in [5.41, 5.74) is -0.611. The molecule has 0 aliphatic heterocycles. The van der Waals surface area contributed by atoms with Crippen molar-refractivity contribution in [3.63, 3.8) is 0 Å². The number of anilines is 1. The van der Waals surface area contributed by atoms with Crippen molar-refractivity contribution in [2.24, 2.45) is 0 Å². The minimum atomic E-state index is -0.652. The molecule has 0 aliphatic carbocycles. The van der Waals surface area contributed by atoms with Gasteiger partial charge in [-0.2, -0.15) is 15.6 Å². The Labute approximate surface area is 158 Å². The molecular formula is C18H13N7O3. The lowest BCUT2D eigenvalue weighted by Crippen LogP contribution is -2.28. The summed E-state index contributed by atoms with van der Waals surface area (Å²) < 4.78 is 6.64. The Morgan fingerprint density at radius 1 is 1.18 bits per heavy atom. The molecule has 3 aromatic rings. The topological polar surface area (TPSA) is 149 Å². The quantitative estimate of drug-likeness (QED) is 0.653. The lowest BCUT2D eigenvalue weighted by atomic mass is 10.3. The van der Waals surface area contributed by atoms with Crippen LogP contribution in [0.15, 0.2) is 47.3 Å². The Morgan fingerprint density at radius 2 is 1.96 bits per heavy atom. The number of carbonyl (C=O) groups excluding carboxylic acids is 1. The second-order valence-corrected chi connectivity index (χ2v) is 5.43. The molecule has 138 valence electrons. The van der Waals surface area contributed by atoms with Gasteiger partial charge in [-0.25, -0.2) is 9.67 Å². The zero-order chi connectivity index (χ0) is 19.9. The number of para-hydroxylation sites is 1. The summed E-state index contributed by atoms with van der Waals surface area (Å²) >= 11 is 0. The molecule has 0 radical (unpaired) electrons. The summed E-state index contributed by atoms with van der Waals surface area (Å²) in [5.74, 6) is -0.0608. The molecule has 0 saturated heterocycles. The van der Waals surface area contributed by atoms with E-state index in [-0.39, 0.29) is 41.7 Å². The van der Waals surface area contributed by atoms with Crippen LogP contribution in [0.4, 0.5) is 5.95 Å². The maximum Gasteiger partial charge on any atom is 0.278 e. The second kappa shape index (κ2) is 8.29. The summed E-state index contributed by atoms with van der Waals surface area (Å²) in [6.07, 6.45) is 0. The Kier molecular flexibility index (Phi) is 5.44. The highest BCUT2D eigenvalue weighted by Gasteiger charge is 2.15. The lowest BCUT2D eigenvalue weighted by Gasteiger charge is -2.08. The van der Waals surface area contributed by atoms with Gasteiger partial charge in [-0.3, -0.25) is 14.9 Å². The normalized spacial score (nSPS) is 9.93. The summed E-state index contributed by atoms with van der Waals surface area (Å²) in [4.78, 5) is 30.6. The van der Waals surface area contributed by atoms with Gasteiger partial charge in [0.2, 0.25) is 5.95 Å². The SMILES string of the molecule is N#Cc1nc(NC(=O)c2ccc(=O)n(CCOc3ccccc3)n2)[nH]c1C#N. The van der Waals surface area contributed by atoms with Gasteiger partial charge in [-0.15, -0.1) is 0 Å². The maximum absolute atomic E-state index is 12.3. The van der Waals surface area contributed by atoms with Crippen LogP contribution in [0.2, 0.25) is 0 Å². The van der Waals surface area contributed by atoms with Crippen molar-refractivity contribution in [2.75, 3.05) is 11.9 Å². The number of ether oxygens (including phenoxy) is 1. The highest BCUT2D eigenvalue weighted by molar-refractivity contribution is 6.01. The number of hydrogen-bond acceptors (Lipinski definition) is 7. The Balaban J connectivity index is 1.69. The van der Waals surface area contributed by atoms with Gasteiger partial charge in [-0.1, -0.05) is 18.2 Å². The average molecular weight is 375 g/mol. The van der Waals surface area contributed by atoms with Gasteiger partial charge >= 0.3 is 0 Å². The van der Waals surface area contributed by atoms with Crippen LogP contribution in [0, 0.1) is 22.7 Å². The van der Waals surface area contributed by atoms with Crippen LogP contribution in [0.1, 0.15) is 21.9 Å². The van der Waals surface area contributed by atoms with Crippen LogP contribution in [0.3, 0.4) is 0 Å². The van der Waals surface area contributed by atoms with Gasteiger partial charge in [0.25, 0.3) is 11.5 Å². The first-order valence-electron chi connectivity index (χ1n) is 8.08. The van der Waals surface area contributed by atoms with E-state index in [0.29, 0.717) is 5.75 Å². The highest BCUT2D eigenvalue weighted by atomic mass is 16.5. The fourth-order valence-electron chi connectivity index (χ4n) is 2.26. The molecule has 0 fully saturated rings. The van der Waals surface area contributed by atoms with Crippen LogP contribution in [-0.4, -0.2) is 32.3 Å². The van der Waals surface area contributed by atoms with E-state index >= 15 is 0 Å². The largest absolute Gasteiger partial charge is 0.492 e. The Hall–Kier alpha value is -4.44. The van der Waals surface area contributed by atoms with E-state index in [1.165, 1.54) is 12.1 Å². The van der Waals surface area contributed by atoms with Crippen molar-refractivity contribution in [2.45, 2.75) is 6.54 Å². The van der Waals surface area contributed by atoms with E-state index < -0.39 is 5.91 Å². The van der Waals surface area contributed by atoms with E-state index in [4.69, 9.17) is 15.3 Å². The summed E-state index contributed by atoms with van der Waals surface area (Å²) in [7, 11) is 0. The molecule has 10 heteroatoms. The van der Waals surface area contributed by atoms with Gasteiger partial charge in [-0.05, 0) is 18.2 Å². The number of rotatable bonds is 6. The highest BCUT2D eigenvalue weighted by Crippen LogP contribution is 2.09. The first-order valence-corrected chi connectivity index (χ1v) is 8.08. The van der Waals surface area contributed by atoms with Gasteiger partial charge in [0.05, 0.1) is 6.54 Å². The molecule has 0 saturated carbocycles. The van der Waals surface area contributed by atoms with Crippen molar-refractivity contribution >= 4 is 11.9 Å². The predicted octanol–water partition coefficient (Wildman–Crippen LogP) is 1.04. The molecule has 0 bridgehead atoms. The fourth-order valence-corrected chi connectivity index (χ4v) is 2.26. The number of amides is 1. The number of nitriles is 2. The molecule has 0 spiro atoms. The number of imidazole rings is 1. The standard InChI is InChI=1S/C18H13N7O3/c19-10-14-15(11-20)22-18(21-14)23-17(27)13-6-7-16(26)25(24-13)8-9-28-12-4-2-1-3-5-12/h1-7H,8-9H2,(H2,21,22,23,27). The summed E-state index contributed by atoms with van der Waals surface area (Å²) in [6.45, 7) is 0.337. The number of H-pyrrole nitrogens is 1. The molecule has 1 amide bonds. The van der Waals surface area contributed by atoms with Crippen molar-refractivity contribution < 1.29 is 9.53 Å². The van der Waals surface area contributed by atoms with Gasteiger partial charge in [0.1, 0.15) is 30.2 Å². The van der Waals surface area contributed by atoms with Crippen LogP contribution < -0.4 is 15.6 Å². The van der Waals surface area contributed by atoms with Gasteiger partial charge in [0.15, 0.2) is 11.4 Å². The molecule has 3 rings (SSSR count). The molecule has 10 nitrogen and oxygen atoms in total. The van der Waals surface area contributed by atoms with E-state index in [1.54, 1.807) is 24.3 Å². The van der Waals surface area contributed by atoms with Crippen molar-refractivity contribution in [3.05, 3.63) is 69.9 Å². The van der Waals surface area contributed by atoms with E-state index in [2.05, 4.69) is 20.4 Å². The third kappa shape index (κ3) is 4.20. The molecule has 2 N–H and O–H groups in total. The van der Waals surface area contributed by atoms with E-state index in [9.17, 15) is 9.59 Å². The smallest absolute Gasteiger partial charge is 0.278 e. The Morgan fingerprint density at radius 3 is 2.64 bits per heavy atom. The molecule has 0 aliphatic rings. The monoisotopic (exact) mass is 375 g/mol. The number of benzene rings is 1. The number of carbonyl (C=O) groups is 1. The number of nitrogens with zero attached hydrogens (tertiary/aromatic N) is 5. The van der Waals surface area contributed by atoms with Crippen LogP contribution >= 0.6 is 0 Å². The minimum Gasteiger partial charge on any atom is -0.492 e. The molecule has 28 heavy (non-hydrogen) atoms. The molecule has 1 aromatic carbocycles. The van der Waals surface area contributed by atoms with E-state index in [1.807, 2.05) is 18.2 Å².